The Morgan fingerprint density at radius 2 is 1.90 bits per heavy atom. The van der Waals surface area contributed by atoms with Crippen LogP contribution in [0.15, 0.2) is 18.2 Å². The number of halogens is 2. The van der Waals surface area contributed by atoms with E-state index >= 15 is 0 Å². The van der Waals surface area contributed by atoms with Crippen molar-refractivity contribution in [1.29, 1.82) is 0 Å². The summed E-state index contributed by atoms with van der Waals surface area (Å²) >= 11 is 5.80. The predicted molar refractivity (Wildman–Crippen MR) is 114 cm³/mol. The molecule has 0 spiro atoms. The minimum atomic E-state index is -3.29. The number of carboxylic acid groups (broad SMARTS) is 1. The number of carbonyl (C=O) groups is 2. The van der Waals surface area contributed by atoms with Gasteiger partial charge in [0.25, 0.3) is 0 Å². The van der Waals surface area contributed by atoms with E-state index in [9.17, 15) is 27.5 Å². The highest BCUT2D eigenvalue weighted by Gasteiger charge is 2.43. The summed E-state index contributed by atoms with van der Waals surface area (Å²) in [5.74, 6) is -1.41. The molecular weight excluding hydrogens is 449 g/mol. The second kappa shape index (κ2) is 9.30. The van der Waals surface area contributed by atoms with Crippen LogP contribution < -0.4 is 0 Å². The molecular formula is C20H27ClFN3O5S. The molecule has 2 aliphatic heterocycles. The molecule has 2 aliphatic rings. The topological polar surface area (TPSA) is 98.2 Å². The number of sulfonamides is 1. The minimum Gasteiger partial charge on any atom is -0.465 e. The van der Waals surface area contributed by atoms with E-state index in [1.54, 1.807) is 17.9 Å². The van der Waals surface area contributed by atoms with Gasteiger partial charge in [0.15, 0.2) is 0 Å². The second-order valence-electron chi connectivity index (χ2n) is 8.10. The normalized spacial score (nSPS) is 23.2. The molecule has 3 rings (SSSR count). The number of carbonyl (C=O) groups excluding carboxylic acids is 1. The Morgan fingerprint density at radius 3 is 2.42 bits per heavy atom. The van der Waals surface area contributed by atoms with Crippen LogP contribution >= 0.6 is 11.6 Å². The smallest absolute Gasteiger partial charge is 0.407 e. The van der Waals surface area contributed by atoms with Gasteiger partial charge in [-0.2, -0.15) is 0 Å². The molecule has 11 heteroatoms. The molecule has 172 valence electrons. The maximum atomic E-state index is 14.1. The number of amides is 2. The van der Waals surface area contributed by atoms with Crippen molar-refractivity contribution < 1.29 is 27.5 Å². The molecule has 2 heterocycles. The van der Waals surface area contributed by atoms with Gasteiger partial charge in [-0.25, -0.2) is 21.9 Å². The molecule has 0 unspecified atom stereocenters. The number of benzene rings is 1. The summed E-state index contributed by atoms with van der Waals surface area (Å²) in [6, 6.07) is 3.89. The monoisotopic (exact) mass is 475 g/mol. The van der Waals surface area contributed by atoms with Gasteiger partial charge in [0.05, 0.1) is 17.3 Å². The first kappa shape index (κ1) is 23.7. The van der Waals surface area contributed by atoms with E-state index in [-0.39, 0.29) is 55.5 Å². The lowest BCUT2D eigenvalue weighted by molar-refractivity contribution is -0.135. The van der Waals surface area contributed by atoms with Crippen LogP contribution in [0.1, 0.15) is 31.2 Å². The average molecular weight is 476 g/mol. The minimum absolute atomic E-state index is 0.0190. The predicted octanol–water partition coefficient (Wildman–Crippen LogP) is 2.45. The molecule has 2 saturated heterocycles. The summed E-state index contributed by atoms with van der Waals surface area (Å²) < 4.78 is 38.9. The van der Waals surface area contributed by atoms with Crippen molar-refractivity contribution in [2.24, 2.45) is 5.92 Å². The standard InChI is InChI=1S/C20H27ClFN3O5S/c1-3-25(20(27)28)18-12-23(11-15(18)14-4-5-16(21)17(22)10-14)19(26)13-6-8-24(9-7-13)31(2,29)30/h4-5,10,13,15,18H,3,6-9,11-12H2,1-2H3,(H,27,28)/t15-,18+/m0/s1. The fourth-order valence-corrected chi connectivity index (χ4v) is 5.55. The van der Waals surface area contributed by atoms with Gasteiger partial charge in [-0.05, 0) is 37.5 Å². The van der Waals surface area contributed by atoms with Crippen LogP contribution in [0.3, 0.4) is 0 Å². The Balaban J connectivity index is 1.80. The lowest BCUT2D eigenvalue weighted by Crippen LogP contribution is -2.46. The summed E-state index contributed by atoms with van der Waals surface area (Å²) in [4.78, 5) is 27.9. The van der Waals surface area contributed by atoms with Gasteiger partial charge < -0.3 is 14.9 Å². The Labute approximate surface area is 186 Å². The number of piperidine rings is 1. The van der Waals surface area contributed by atoms with Crippen LogP contribution in [0.25, 0.3) is 0 Å². The summed E-state index contributed by atoms with van der Waals surface area (Å²) in [5.41, 5.74) is 0.591. The average Bonchev–Trinajstić information content (AvgIpc) is 3.14. The second-order valence-corrected chi connectivity index (χ2v) is 10.5. The third kappa shape index (κ3) is 5.12. The quantitative estimate of drug-likeness (QED) is 0.705. The summed E-state index contributed by atoms with van der Waals surface area (Å²) in [7, 11) is -3.29. The van der Waals surface area contributed by atoms with Crippen molar-refractivity contribution in [3.05, 3.63) is 34.6 Å². The first-order valence-electron chi connectivity index (χ1n) is 10.2. The molecule has 0 saturated carbocycles. The lowest BCUT2D eigenvalue weighted by Gasteiger charge is -2.32. The molecule has 1 aromatic carbocycles. The maximum absolute atomic E-state index is 14.1. The zero-order chi connectivity index (χ0) is 22.9. The summed E-state index contributed by atoms with van der Waals surface area (Å²) in [6.45, 7) is 3.00. The van der Waals surface area contributed by atoms with E-state index in [0.29, 0.717) is 18.4 Å². The van der Waals surface area contributed by atoms with Gasteiger partial charge in [0, 0.05) is 44.6 Å². The highest BCUT2D eigenvalue weighted by Crippen LogP contribution is 2.34. The Bertz CT molecular complexity index is 952. The molecule has 2 fully saturated rings. The fraction of sp³-hybridized carbons (Fsp3) is 0.600. The van der Waals surface area contributed by atoms with Gasteiger partial charge in [-0.3, -0.25) is 4.79 Å². The maximum Gasteiger partial charge on any atom is 0.407 e. The number of rotatable bonds is 5. The zero-order valence-corrected chi connectivity index (χ0v) is 19.1. The molecule has 0 bridgehead atoms. The number of hydrogen-bond acceptors (Lipinski definition) is 4. The van der Waals surface area contributed by atoms with E-state index in [1.165, 1.54) is 21.3 Å². The van der Waals surface area contributed by atoms with Crippen LogP contribution in [-0.4, -0.2) is 84.7 Å². The molecule has 0 radical (unpaired) electrons. The van der Waals surface area contributed by atoms with Crippen molar-refractivity contribution in [2.75, 3.05) is 39.0 Å². The molecule has 0 aromatic heterocycles. The van der Waals surface area contributed by atoms with Crippen LogP contribution in [0.4, 0.5) is 9.18 Å². The lowest BCUT2D eigenvalue weighted by atomic mass is 9.93. The first-order chi connectivity index (χ1) is 14.5. The van der Waals surface area contributed by atoms with Crippen molar-refractivity contribution in [3.8, 4) is 0 Å². The van der Waals surface area contributed by atoms with E-state index in [2.05, 4.69) is 0 Å². The fourth-order valence-electron chi connectivity index (χ4n) is 4.56. The van der Waals surface area contributed by atoms with Crippen molar-refractivity contribution in [2.45, 2.75) is 31.7 Å². The SMILES string of the molecule is CCN(C(=O)O)[C@@H]1CN(C(=O)C2CCN(S(C)(=O)=O)CC2)C[C@H]1c1ccc(Cl)c(F)c1. The summed E-state index contributed by atoms with van der Waals surface area (Å²) in [6.07, 6.45) is 0.900. The Kier molecular flexibility index (Phi) is 7.12. The van der Waals surface area contributed by atoms with Crippen molar-refractivity contribution in [3.63, 3.8) is 0 Å². The van der Waals surface area contributed by atoms with E-state index < -0.39 is 28.0 Å². The van der Waals surface area contributed by atoms with Crippen molar-refractivity contribution >= 4 is 33.6 Å². The van der Waals surface area contributed by atoms with Crippen LogP contribution in [0.2, 0.25) is 5.02 Å². The highest BCUT2D eigenvalue weighted by atomic mass is 35.5. The van der Waals surface area contributed by atoms with Gasteiger partial charge in [-0.1, -0.05) is 17.7 Å². The molecule has 1 aromatic rings. The third-order valence-corrected chi connectivity index (χ3v) is 7.84. The number of nitrogens with zero attached hydrogens (tertiary/aromatic N) is 3. The Hall–Kier alpha value is -1.91. The highest BCUT2D eigenvalue weighted by molar-refractivity contribution is 7.88. The largest absolute Gasteiger partial charge is 0.465 e. The van der Waals surface area contributed by atoms with Gasteiger partial charge in [-0.15, -0.1) is 0 Å². The zero-order valence-electron chi connectivity index (χ0n) is 17.5. The number of likely N-dealkylation sites (N-methyl/N-ethyl adjacent to an activating group) is 1. The molecule has 2 amide bonds. The van der Waals surface area contributed by atoms with E-state index in [0.717, 1.165) is 6.26 Å². The number of hydrogen-bond donors (Lipinski definition) is 1. The van der Waals surface area contributed by atoms with Crippen molar-refractivity contribution in [1.82, 2.24) is 14.1 Å². The molecule has 0 aliphatic carbocycles. The van der Waals surface area contributed by atoms with Gasteiger partial charge in [0.2, 0.25) is 15.9 Å². The molecule has 1 N–H and O–H groups in total. The van der Waals surface area contributed by atoms with Gasteiger partial charge in [0.1, 0.15) is 5.82 Å². The van der Waals surface area contributed by atoms with Crippen LogP contribution in [-0.2, 0) is 14.8 Å². The van der Waals surface area contributed by atoms with E-state index in [1.807, 2.05) is 0 Å². The van der Waals surface area contributed by atoms with Gasteiger partial charge >= 0.3 is 6.09 Å². The molecule has 31 heavy (non-hydrogen) atoms. The molecule has 2 atom stereocenters. The Morgan fingerprint density at radius 1 is 1.26 bits per heavy atom. The summed E-state index contributed by atoms with van der Waals surface area (Å²) in [5, 5.41) is 9.62. The van der Waals surface area contributed by atoms with Crippen LogP contribution in [0, 0.1) is 11.7 Å². The van der Waals surface area contributed by atoms with Crippen LogP contribution in [0.5, 0.6) is 0 Å². The van der Waals surface area contributed by atoms with E-state index in [4.69, 9.17) is 11.6 Å². The molecule has 8 nitrogen and oxygen atoms in total. The first-order valence-corrected chi connectivity index (χ1v) is 12.4. The number of likely N-dealkylation sites (tertiary alicyclic amines) is 1. The third-order valence-electron chi connectivity index (χ3n) is 6.23.